The Balaban J connectivity index is 2.65. The summed E-state index contributed by atoms with van der Waals surface area (Å²) >= 11 is 5.67. The van der Waals surface area contributed by atoms with Crippen molar-refractivity contribution in [1.82, 2.24) is 5.32 Å². The zero-order chi connectivity index (χ0) is 13.1. The Bertz CT molecular complexity index is 381. The second-order valence-corrected chi connectivity index (χ2v) is 5.28. The average molecular weight is 260 g/mol. The summed E-state index contributed by atoms with van der Waals surface area (Å²) in [7, 11) is 1.38. The first-order valence-electron chi connectivity index (χ1n) is 5.40. The van der Waals surface area contributed by atoms with Crippen molar-refractivity contribution in [1.29, 1.82) is 0 Å². The van der Waals surface area contributed by atoms with Crippen LogP contribution in [0.4, 0.5) is 0 Å². The maximum atomic E-state index is 11.6. The van der Waals surface area contributed by atoms with E-state index in [1.165, 1.54) is 7.11 Å². The number of carbonyl (C=O) groups is 1. The topological polar surface area (TPSA) is 51.5 Å². The third-order valence-electron chi connectivity index (χ3n) is 2.41. The molecule has 0 fully saturated rings. The van der Waals surface area contributed by atoms with E-state index >= 15 is 0 Å². The van der Waals surface area contributed by atoms with Crippen LogP contribution in [-0.2, 0) is 16.1 Å². The van der Waals surface area contributed by atoms with E-state index in [0.29, 0.717) is 17.5 Å². The molecule has 1 aromatic rings. The number of nitrogens with one attached hydrogen (secondary N) is 1. The lowest BCUT2D eigenvalue weighted by atomic mass is 9.86. The van der Waals surface area contributed by atoms with Gasteiger partial charge in [0.2, 0.25) is 0 Å². The van der Waals surface area contributed by atoms with Gasteiger partial charge in [0.15, 0.2) is 5.22 Å². The SMILES string of the molecule is COC(=O)[C@@H](NCc1ccc(Cl)o1)C(C)(C)C. The Morgan fingerprint density at radius 3 is 2.59 bits per heavy atom. The summed E-state index contributed by atoms with van der Waals surface area (Å²) in [6.07, 6.45) is 0. The van der Waals surface area contributed by atoms with Crippen LogP contribution < -0.4 is 5.32 Å². The smallest absolute Gasteiger partial charge is 0.323 e. The summed E-state index contributed by atoms with van der Waals surface area (Å²) in [6.45, 7) is 6.34. The number of esters is 1. The lowest BCUT2D eigenvalue weighted by Gasteiger charge is -2.28. The van der Waals surface area contributed by atoms with Crippen LogP contribution in [0.2, 0.25) is 5.22 Å². The Hall–Kier alpha value is -1.00. The summed E-state index contributed by atoms with van der Waals surface area (Å²) in [5.41, 5.74) is -0.233. The van der Waals surface area contributed by atoms with Crippen LogP contribution in [-0.4, -0.2) is 19.1 Å². The predicted molar refractivity (Wildman–Crippen MR) is 65.8 cm³/mol. The highest BCUT2D eigenvalue weighted by Crippen LogP contribution is 2.21. The zero-order valence-corrected chi connectivity index (χ0v) is 11.3. The number of furan rings is 1. The number of carbonyl (C=O) groups excluding carboxylic acids is 1. The predicted octanol–water partition coefficient (Wildman–Crippen LogP) is 2.61. The number of rotatable bonds is 4. The zero-order valence-electron chi connectivity index (χ0n) is 10.5. The number of ether oxygens (including phenoxy) is 1. The first-order chi connectivity index (χ1) is 7.84. The minimum Gasteiger partial charge on any atom is -0.468 e. The molecule has 4 nitrogen and oxygen atoms in total. The molecule has 0 aliphatic carbocycles. The molecule has 1 heterocycles. The fraction of sp³-hybridized carbons (Fsp3) is 0.583. The molecular weight excluding hydrogens is 242 g/mol. The maximum Gasteiger partial charge on any atom is 0.323 e. The molecule has 5 heteroatoms. The van der Waals surface area contributed by atoms with Gasteiger partial charge in [0, 0.05) is 0 Å². The van der Waals surface area contributed by atoms with E-state index in [2.05, 4.69) is 5.32 Å². The minimum absolute atomic E-state index is 0.233. The van der Waals surface area contributed by atoms with Crippen LogP contribution >= 0.6 is 11.6 Å². The highest BCUT2D eigenvalue weighted by atomic mass is 35.5. The van der Waals surface area contributed by atoms with Crippen LogP contribution in [0.25, 0.3) is 0 Å². The van der Waals surface area contributed by atoms with Gasteiger partial charge < -0.3 is 9.15 Å². The first-order valence-corrected chi connectivity index (χ1v) is 5.78. The van der Waals surface area contributed by atoms with E-state index in [4.69, 9.17) is 20.8 Å². The van der Waals surface area contributed by atoms with Crippen molar-refractivity contribution in [2.45, 2.75) is 33.4 Å². The second kappa shape index (κ2) is 5.56. The van der Waals surface area contributed by atoms with Gasteiger partial charge in [0.25, 0.3) is 0 Å². The molecule has 0 saturated carbocycles. The van der Waals surface area contributed by atoms with Crippen LogP contribution in [0.1, 0.15) is 26.5 Å². The molecule has 1 rings (SSSR count). The fourth-order valence-corrected chi connectivity index (χ4v) is 1.67. The van der Waals surface area contributed by atoms with Crippen LogP contribution in [0.5, 0.6) is 0 Å². The van der Waals surface area contributed by atoms with E-state index in [1.807, 2.05) is 20.8 Å². The molecule has 0 bridgehead atoms. The summed E-state index contributed by atoms with van der Waals surface area (Å²) in [6, 6.07) is 3.05. The molecule has 0 radical (unpaired) electrons. The molecule has 17 heavy (non-hydrogen) atoms. The lowest BCUT2D eigenvalue weighted by molar-refractivity contribution is -0.146. The van der Waals surface area contributed by atoms with Gasteiger partial charge in [0.1, 0.15) is 11.8 Å². The molecular formula is C12H18ClNO3. The molecule has 0 aliphatic heterocycles. The van der Waals surface area contributed by atoms with Crippen molar-refractivity contribution in [2.75, 3.05) is 7.11 Å². The van der Waals surface area contributed by atoms with Crippen LogP contribution in [0, 0.1) is 5.41 Å². The van der Waals surface area contributed by atoms with Crippen molar-refractivity contribution in [3.63, 3.8) is 0 Å². The van der Waals surface area contributed by atoms with E-state index < -0.39 is 6.04 Å². The van der Waals surface area contributed by atoms with Gasteiger partial charge in [-0.1, -0.05) is 20.8 Å². The Labute approximate surface area is 106 Å². The van der Waals surface area contributed by atoms with E-state index in [-0.39, 0.29) is 11.4 Å². The van der Waals surface area contributed by atoms with Gasteiger partial charge in [-0.05, 0) is 29.1 Å². The maximum absolute atomic E-state index is 11.6. The van der Waals surface area contributed by atoms with Crippen molar-refractivity contribution >= 4 is 17.6 Å². The average Bonchev–Trinajstić information content (AvgIpc) is 2.62. The van der Waals surface area contributed by atoms with E-state index in [9.17, 15) is 4.79 Å². The van der Waals surface area contributed by atoms with Gasteiger partial charge >= 0.3 is 5.97 Å². The quantitative estimate of drug-likeness (QED) is 0.845. The Morgan fingerprint density at radius 1 is 1.53 bits per heavy atom. The molecule has 1 aromatic heterocycles. The largest absolute Gasteiger partial charge is 0.468 e. The van der Waals surface area contributed by atoms with Crippen LogP contribution in [0.15, 0.2) is 16.5 Å². The molecule has 96 valence electrons. The van der Waals surface area contributed by atoms with E-state index in [1.54, 1.807) is 12.1 Å². The molecule has 1 N–H and O–H groups in total. The standard InChI is InChI=1S/C12H18ClNO3/c1-12(2,3)10(11(15)16-4)14-7-8-5-6-9(13)17-8/h5-6,10,14H,7H2,1-4H3/t10-/m1/s1. The Kier molecular flexibility index (Phi) is 4.60. The van der Waals surface area contributed by atoms with Gasteiger partial charge in [-0.2, -0.15) is 0 Å². The Morgan fingerprint density at radius 2 is 2.18 bits per heavy atom. The van der Waals surface area contributed by atoms with Crippen LogP contribution in [0.3, 0.4) is 0 Å². The summed E-state index contributed by atoms with van der Waals surface area (Å²) in [5.74, 6) is 0.406. The number of methoxy groups -OCH3 is 1. The van der Waals surface area contributed by atoms with Gasteiger partial charge in [-0.3, -0.25) is 10.1 Å². The molecule has 0 aromatic carbocycles. The number of hydrogen-bond donors (Lipinski definition) is 1. The molecule has 1 atom stereocenters. The van der Waals surface area contributed by atoms with Crippen molar-refractivity contribution < 1.29 is 13.9 Å². The molecule has 0 spiro atoms. The summed E-state index contributed by atoms with van der Waals surface area (Å²) < 4.78 is 9.99. The van der Waals surface area contributed by atoms with Crippen molar-refractivity contribution in [2.24, 2.45) is 5.41 Å². The highest BCUT2D eigenvalue weighted by molar-refractivity contribution is 6.28. The lowest BCUT2D eigenvalue weighted by Crippen LogP contribution is -2.46. The first kappa shape index (κ1) is 14.1. The summed E-state index contributed by atoms with van der Waals surface area (Å²) in [4.78, 5) is 11.6. The molecule has 0 saturated heterocycles. The third kappa shape index (κ3) is 4.06. The normalized spacial score (nSPS) is 13.5. The number of hydrogen-bond acceptors (Lipinski definition) is 4. The second-order valence-electron chi connectivity index (χ2n) is 4.91. The molecule has 0 aliphatic rings. The van der Waals surface area contributed by atoms with Crippen molar-refractivity contribution in [3.05, 3.63) is 23.1 Å². The van der Waals surface area contributed by atoms with Gasteiger partial charge in [-0.15, -0.1) is 0 Å². The van der Waals surface area contributed by atoms with Gasteiger partial charge in [-0.25, -0.2) is 0 Å². The third-order valence-corrected chi connectivity index (χ3v) is 2.62. The van der Waals surface area contributed by atoms with E-state index in [0.717, 1.165) is 0 Å². The monoisotopic (exact) mass is 259 g/mol. The minimum atomic E-state index is -0.392. The highest BCUT2D eigenvalue weighted by Gasteiger charge is 2.31. The number of halogens is 1. The molecule has 0 unspecified atom stereocenters. The summed E-state index contributed by atoms with van der Waals surface area (Å²) in [5, 5.41) is 3.45. The molecule has 0 amide bonds. The van der Waals surface area contributed by atoms with Gasteiger partial charge in [0.05, 0.1) is 13.7 Å². The van der Waals surface area contributed by atoms with Crippen molar-refractivity contribution in [3.8, 4) is 0 Å². The fourth-order valence-electron chi connectivity index (χ4n) is 1.51.